The molecule has 1 aromatic heterocycles. The van der Waals surface area contributed by atoms with Gasteiger partial charge in [0.1, 0.15) is 24.2 Å². The fourth-order valence-corrected chi connectivity index (χ4v) is 3.47. The minimum absolute atomic E-state index is 0.00344. The number of hydrogen-bond acceptors (Lipinski definition) is 5. The van der Waals surface area contributed by atoms with E-state index in [2.05, 4.69) is 23.1 Å². The average Bonchev–Trinajstić information content (AvgIpc) is 3.35. The van der Waals surface area contributed by atoms with Crippen LogP contribution in [0.15, 0.2) is 47.1 Å². The SMILES string of the molecule is c1coc([C@H]2CN(Cc3ccccc3OC[C@@H]3CCCO3)CCO2)c1. The van der Waals surface area contributed by atoms with Crippen LogP contribution in [0.25, 0.3) is 0 Å². The Hall–Kier alpha value is -1.82. The largest absolute Gasteiger partial charge is 0.491 e. The minimum atomic E-state index is 0.00344. The van der Waals surface area contributed by atoms with E-state index >= 15 is 0 Å². The summed E-state index contributed by atoms with van der Waals surface area (Å²) in [7, 11) is 0. The van der Waals surface area contributed by atoms with Crippen molar-refractivity contribution in [1.29, 1.82) is 0 Å². The summed E-state index contributed by atoms with van der Waals surface area (Å²) in [6, 6.07) is 12.2. The zero-order chi connectivity index (χ0) is 16.9. The molecule has 3 heterocycles. The van der Waals surface area contributed by atoms with Crippen molar-refractivity contribution in [2.45, 2.75) is 31.6 Å². The predicted molar refractivity (Wildman–Crippen MR) is 93.6 cm³/mol. The maximum Gasteiger partial charge on any atom is 0.133 e. The molecule has 5 heteroatoms. The molecule has 2 atom stereocenters. The number of rotatable bonds is 6. The Labute approximate surface area is 148 Å². The van der Waals surface area contributed by atoms with Crippen molar-refractivity contribution in [3.05, 3.63) is 54.0 Å². The van der Waals surface area contributed by atoms with Gasteiger partial charge in [0, 0.05) is 31.8 Å². The zero-order valence-electron chi connectivity index (χ0n) is 14.4. The van der Waals surface area contributed by atoms with Crippen molar-refractivity contribution < 1.29 is 18.6 Å². The highest BCUT2D eigenvalue weighted by Gasteiger charge is 2.24. The van der Waals surface area contributed by atoms with E-state index in [9.17, 15) is 0 Å². The summed E-state index contributed by atoms with van der Waals surface area (Å²) in [5, 5.41) is 0. The fraction of sp³-hybridized carbons (Fsp3) is 0.500. The molecule has 0 N–H and O–H groups in total. The normalized spacial score (nSPS) is 24.5. The van der Waals surface area contributed by atoms with Gasteiger partial charge in [-0.3, -0.25) is 4.90 Å². The van der Waals surface area contributed by atoms with Crippen LogP contribution in [0.2, 0.25) is 0 Å². The molecule has 2 fully saturated rings. The summed E-state index contributed by atoms with van der Waals surface area (Å²) in [5.74, 6) is 1.85. The van der Waals surface area contributed by atoms with E-state index in [-0.39, 0.29) is 12.2 Å². The van der Waals surface area contributed by atoms with Crippen molar-refractivity contribution in [3.63, 3.8) is 0 Å². The van der Waals surface area contributed by atoms with Crippen molar-refractivity contribution >= 4 is 0 Å². The first-order valence-electron chi connectivity index (χ1n) is 9.08. The summed E-state index contributed by atoms with van der Waals surface area (Å²) < 4.78 is 23.1. The Morgan fingerprint density at radius 2 is 2.04 bits per heavy atom. The number of hydrogen-bond donors (Lipinski definition) is 0. The second-order valence-corrected chi connectivity index (χ2v) is 6.66. The molecule has 0 radical (unpaired) electrons. The Morgan fingerprint density at radius 3 is 2.88 bits per heavy atom. The topological polar surface area (TPSA) is 44.1 Å². The summed E-state index contributed by atoms with van der Waals surface area (Å²) in [5.41, 5.74) is 1.21. The average molecular weight is 343 g/mol. The second-order valence-electron chi connectivity index (χ2n) is 6.66. The smallest absolute Gasteiger partial charge is 0.133 e. The highest BCUT2D eigenvalue weighted by Crippen LogP contribution is 2.26. The lowest BCUT2D eigenvalue weighted by Crippen LogP contribution is -2.37. The van der Waals surface area contributed by atoms with Gasteiger partial charge in [-0.2, -0.15) is 0 Å². The first-order chi connectivity index (χ1) is 12.4. The molecule has 0 saturated carbocycles. The molecule has 25 heavy (non-hydrogen) atoms. The van der Waals surface area contributed by atoms with E-state index in [1.807, 2.05) is 18.2 Å². The Balaban J connectivity index is 1.38. The van der Waals surface area contributed by atoms with Gasteiger partial charge >= 0.3 is 0 Å². The van der Waals surface area contributed by atoms with E-state index in [1.54, 1.807) is 6.26 Å². The molecule has 134 valence electrons. The lowest BCUT2D eigenvalue weighted by molar-refractivity contribution is -0.0430. The molecule has 0 unspecified atom stereocenters. The Bertz CT molecular complexity index is 651. The zero-order valence-corrected chi connectivity index (χ0v) is 14.4. The molecular weight excluding hydrogens is 318 g/mol. The van der Waals surface area contributed by atoms with Gasteiger partial charge in [0.25, 0.3) is 0 Å². The number of benzene rings is 1. The highest BCUT2D eigenvalue weighted by atomic mass is 16.5. The first kappa shape index (κ1) is 16.6. The van der Waals surface area contributed by atoms with Gasteiger partial charge in [0.15, 0.2) is 0 Å². The minimum Gasteiger partial charge on any atom is -0.491 e. The molecule has 2 saturated heterocycles. The van der Waals surface area contributed by atoms with Crippen LogP contribution >= 0.6 is 0 Å². The third-order valence-electron chi connectivity index (χ3n) is 4.83. The molecule has 5 nitrogen and oxygen atoms in total. The van der Waals surface area contributed by atoms with Crippen molar-refractivity contribution in [1.82, 2.24) is 4.90 Å². The van der Waals surface area contributed by atoms with Crippen LogP contribution in [0, 0.1) is 0 Å². The van der Waals surface area contributed by atoms with E-state index in [0.29, 0.717) is 13.2 Å². The number of morpholine rings is 1. The number of furan rings is 1. The number of para-hydroxylation sites is 1. The summed E-state index contributed by atoms with van der Waals surface area (Å²) in [6.07, 6.45) is 4.17. The molecule has 2 aromatic rings. The molecule has 0 aliphatic carbocycles. The first-order valence-corrected chi connectivity index (χ1v) is 9.08. The van der Waals surface area contributed by atoms with E-state index in [0.717, 1.165) is 50.6 Å². The third-order valence-corrected chi connectivity index (χ3v) is 4.83. The monoisotopic (exact) mass is 343 g/mol. The van der Waals surface area contributed by atoms with E-state index in [4.69, 9.17) is 18.6 Å². The van der Waals surface area contributed by atoms with Crippen LogP contribution in [0.4, 0.5) is 0 Å². The van der Waals surface area contributed by atoms with Crippen LogP contribution in [-0.2, 0) is 16.0 Å². The van der Waals surface area contributed by atoms with Crippen molar-refractivity contribution in [3.8, 4) is 5.75 Å². The van der Waals surface area contributed by atoms with Crippen LogP contribution in [0.1, 0.15) is 30.3 Å². The van der Waals surface area contributed by atoms with Crippen LogP contribution in [-0.4, -0.2) is 43.9 Å². The molecule has 2 aliphatic rings. The Morgan fingerprint density at radius 1 is 1.08 bits per heavy atom. The lowest BCUT2D eigenvalue weighted by atomic mass is 10.1. The Kier molecular flexibility index (Phi) is 5.35. The molecule has 0 amide bonds. The molecule has 0 bridgehead atoms. The molecular formula is C20H25NO4. The second kappa shape index (κ2) is 8.04. The van der Waals surface area contributed by atoms with Crippen molar-refractivity contribution in [2.24, 2.45) is 0 Å². The van der Waals surface area contributed by atoms with Gasteiger partial charge in [-0.25, -0.2) is 0 Å². The van der Waals surface area contributed by atoms with Gasteiger partial charge in [-0.15, -0.1) is 0 Å². The van der Waals surface area contributed by atoms with Crippen LogP contribution in [0.3, 0.4) is 0 Å². The summed E-state index contributed by atoms with van der Waals surface area (Å²) >= 11 is 0. The predicted octanol–water partition coefficient (Wildman–Crippen LogP) is 3.41. The van der Waals surface area contributed by atoms with E-state index < -0.39 is 0 Å². The molecule has 0 spiro atoms. The summed E-state index contributed by atoms with van der Waals surface area (Å²) in [6.45, 7) is 4.80. The summed E-state index contributed by atoms with van der Waals surface area (Å²) in [4.78, 5) is 2.39. The number of ether oxygens (including phenoxy) is 3. The van der Waals surface area contributed by atoms with Gasteiger partial charge in [-0.05, 0) is 31.0 Å². The van der Waals surface area contributed by atoms with Crippen LogP contribution < -0.4 is 4.74 Å². The highest BCUT2D eigenvalue weighted by molar-refractivity contribution is 5.33. The molecule has 1 aromatic carbocycles. The maximum atomic E-state index is 6.06. The van der Waals surface area contributed by atoms with Gasteiger partial charge in [-0.1, -0.05) is 18.2 Å². The fourth-order valence-electron chi connectivity index (χ4n) is 3.47. The third kappa shape index (κ3) is 4.24. The van der Waals surface area contributed by atoms with Gasteiger partial charge in [0.2, 0.25) is 0 Å². The standard InChI is InChI=1S/C20H25NO4/c1-2-7-18(25-15-17-6-3-10-22-17)16(5-1)13-21-9-12-24-20(14-21)19-8-4-11-23-19/h1-2,4-5,7-8,11,17,20H,3,6,9-10,12-15H2/t17-,20+/m0/s1. The van der Waals surface area contributed by atoms with Gasteiger partial charge in [0.05, 0.1) is 19.0 Å². The maximum absolute atomic E-state index is 6.06. The lowest BCUT2D eigenvalue weighted by Gasteiger charge is -2.32. The quantitative estimate of drug-likeness (QED) is 0.804. The molecule has 2 aliphatic heterocycles. The van der Waals surface area contributed by atoms with Crippen molar-refractivity contribution in [2.75, 3.05) is 32.9 Å². The molecule has 4 rings (SSSR count). The number of nitrogens with zero attached hydrogens (tertiary/aromatic N) is 1. The van der Waals surface area contributed by atoms with E-state index in [1.165, 1.54) is 5.56 Å². The van der Waals surface area contributed by atoms with Crippen LogP contribution in [0.5, 0.6) is 5.75 Å². The van der Waals surface area contributed by atoms with Gasteiger partial charge < -0.3 is 18.6 Å².